The molecule has 1 heterocycles. The molecule has 3 heteroatoms. The van der Waals surface area contributed by atoms with Gasteiger partial charge in [0.25, 0.3) is 0 Å². The minimum atomic E-state index is 0.150. The normalized spacial score (nSPS) is 10.2. The molecule has 0 unspecified atom stereocenters. The van der Waals surface area contributed by atoms with Crippen molar-refractivity contribution in [3.05, 3.63) is 54.1 Å². The number of aromatic amines is 1. The molecule has 0 aliphatic heterocycles. The molecule has 0 atom stereocenters. The molecule has 3 nitrogen and oxygen atoms in total. The molecule has 2 N–H and O–H groups in total. The quantitative estimate of drug-likeness (QED) is 0.759. The summed E-state index contributed by atoms with van der Waals surface area (Å²) in [5, 5.41) is 9.10. The van der Waals surface area contributed by atoms with Crippen LogP contribution in [0.25, 0.3) is 22.4 Å². The Kier molecular flexibility index (Phi) is 4.91. The molecule has 104 valence electrons. The molecule has 0 amide bonds. The van der Waals surface area contributed by atoms with Gasteiger partial charge in [0, 0.05) is 12.2 Å². The Labute approximate surface area is 119 Å². The molecule has 20 heavy (non-hydrogen) atoms. The second-order valence-electron chi connectivity index (χ2n) is 4.23. The maximum atomic E-state index is 9.10. The number of para-hydroxylation sites is 2. The van der Waals surface area contributed by atoms with Gasteiger partial charge in [-0.05, 0) is 24.1 Å². The van der Waals surface area contributed by atoms with Crippen LogP contribution in [0.3, 0.4) is 0 Å². The van der Waals surface area contributed by atoms with Gasteiger partial charge in [-0.2, -0.15) is 0 Å². The van der Waals surface area contributed by atoms with Crippen LogP contribution in [-0.4, -0.2) is 21.7 Å². The van der Waals surface area contributed by atoms with Crippen LogP contribution in [0.2, 0.25) is 0 Å². The maximum absolute atomic E-state index is 9.10. The van der Waals surface area contributed by atoms with E-state index in [0.29, 0.717) is 6.42 Å². The lowest BCUT2D eigenvalue weighted by molar-refractivity contribution is 0.300. The molecule has 0 fully saturated rings. The van der Waals surface area contributed by atoms with E-state index >= 15 is 0 Å². The van der Waals surface area contributed by atoms with Crippen LogP contribution in [0.4, 0.5) is 0 Å². The number of nitrogens with zero attached hydrogens (tertiary/aromatic N) is 1. The number of rotatable bonds is 3. The van der Waals surface area contributed by atoms with E-state index in [9.17, 15) is 0 Å². The van der Waals surface area contributed by atoms with Gasteiger partial charge in [-0.3, -0.25) is 0 Å². The number of aromatic nitrogens is 2. The number of nitrogens with one attached hydrogen (secondary N) is 1. The number of imidazole rings is 1. The van der Waals surface area contributed by atoms with Crippen molar-refractivity contribution in [2.75, 3.05) is 6.61 Å². The first kappa shape index (κ1) is 14.3. The fraction of sp³-hybridized carbons (Fsp3) is 0.235. The number of hydrogen-bond acceptors (Lipinski definition) is 2. The smallest absolute Gasteiger partial charge is 0.138 e. The van der Waals surface area contributed by atoms with E-state index in [1.165, 1.54) is 0 Å². The number of hydrogen-bond donors (Lipinski definition) is 2. The predicted octanol–water partition coefficient (Wildman–Crippen LogP) is 3.79. The summed E-state index contributed by atoms with van der Waals surface area (Å²) in [6, 6.07) is 16.0. The van der Waals surface area contributed by atoms with Gasteiger partial charge in [0.1, 0.15) is 5.82 Å². The summed E-state index contributed by atoms with van der Waals surface area (Å²) < 4.78 is 0. The van der Waals surface area contributed by atoms with Crippen molar-refractivity contribution in [3.63, 3.8) is 0 Å². The molecule has 0 aliphatic rings. The Morgan fingerprint density at radius 1 is 1.00 bits per heavy atom. The number of aliphatic hydroxyl groups is 1. The van der Waals surface area contributed by atoms with Crippen LogP contribution in [-0.2, 0) is 6.42 Å². The van der Waals surface area contributed by atoms with E-state index in [-0.39, 0.29) is 6.61 Å². The van der Waals surface area contributed by atoms with E-state index in [1.54, 1.807) is 0 Å². The van der Waals surface area contributed by atoms with Crippen LogP contribution in [0, 0.1) is 0 Å². The largest absolute Gasteiger partial charge is 0.396 e. The molecule has 2 aromatic carbocycles. The van der Waals surface area contributed by atoms with Gasteiger partial charge in [0.05, 0.1) is 11.0 Å². The third-order valence-electron chi connectivity index (χ3n) is 3.04. The Hall–Kier alpha value is -2.13. The second kappa shape index (κ2) is 6.87. The first-order chi connectivity index (χ1) is 9.88. The Bertz CT molecular complexity index is 640. The zero-order chi connectivity index (χ0) is 14.4. The minimum Gasteiger partial charge on any atom is -0.396 e. The summed E-state index contributed by atoms with van der Waals surface area (Å²) in [6.45, 7) is 4.15. The summed E-state index contributed by atoms with van der Waals surface area (Å²) >= 11 is 0. The van der Waals surface area contributed by atoms with Gasteiger partial charge in [0.2, 0.25) is 0 Å². The van der Waals surface area contributed by atoms with Gasteiger partial charge >= 0.3 is 0 Å². The van der Waals surface area contributed by atoms with Crippen molar-refractivity contribution in [1.82, 2.24) is 9.97 Å². The van der Waals surface area contributed by atoms with Crippen LogP contribution >= 0.6 is 0 Å². The van der Waals surface area contributed by atoms with Gasteiger partial charge in [-0.25, -0.2) is 4.98 Å². The average molecular weight is 268 g/mol. The third-order valence-corrected chi connectivity index (χ3v) is 3.04. The highest BCUT2D eigenvalue weighted by Crippen LogP contribution is 2.23. The van der Waals surface area contributed by atoms with Crippen LogP contribution in [0.5, 0.6) is 0 Å². The van der Waals surface area contributed by atoms with Crippen molar-refractivity contribution in [1.29, 1.82) is 0 Å². The van der Waals surface area contributed by atoms with E-state index < -0.39 is 0 Å². The second-order valence-corrected chi connectivity index (χ2v) is 4.23. The molecular weight excluding hydrogens is 248 g/mol. The number of benzene rings is 2. The highest BCUT2D eigenvalue weighted by Gasteiger charge is 2.08. The number of fused-ring (bicyclic) bond motifs is 1. The molecule has 0 bridgehead atoms. The summed E-state index contributed by atoms with van der Waals surface area (Å²) in [4.78, 5) is 7.91. The van der Waals surface area contributed by atoms with Gasteiger partial charge in [-0.15, -0.1) is 0 Å². The molecule has 0 radical (unpaired) electrons. The topological polar surface area (TPSA) is 48.9 Å². The zero-order valence-electron chi connectivity index (χ0n) is 11.9. The van der Waals surface area contributed by atoms with Gasteiger partial charge in [-0.1, -0.05) is 50.2 Å². The van der Waals surface area contributed by atoms with Crippen LogP contribution < -0.4 is 0 Å². The highest BCUT2D eigenvalue weighted by atomic mass is 16.2. The number of aliphatic hydroxyl groups excluding tert-OH is 1. The third kappa shape index (κ3) is 2.89. The molecular formula is C17H20N2O. The summed E-state index contributed by atoms with van der Waals surface area (Å²) in [5.41, 5.74) is 4.17. The fourth-order valence-electron chi connectivity index (χ4n) is 2.17. The molecule has 0 saturated heterocycles. The molecule has 0 spiro atoms. The van der Waals surface area contributed by atoms with Crippen LogP contribution in [0.15, 0.2) is 48.5 Å². The lowest BCUT2D eigenvalue weighted by Crippen LogP contribution is -1.94. The van der Waals surface area contributed by atoms with Crippen molar-refractivity contribution in [2.24, 2.45) is 0 Å². The Balaban J connectivity index is 0.000000704. The fourth-order valence-corrected chi connectivity index (χ4v) is 2.17. The molecule has 1 aromatic heterocycles. The predicted molar refractivity (Wildman–Crippen MR) is 83.7 cm³/mol. The first-order valence-corrected chi connectivity index (χ1v) is 7.02. The van der Waals surface area contributed by atoms with Crippen molar-refractivity contribution in [2.45, 2.75) is 20.3 Å². The molecule has 3 rings (SSSR count). The Morgan fingerprint density at radius 3 is 2.45 bits per heavy atom. The number of H-pyrrole nitrogens is 1. The van der Waals surface area contributed by atoms with Gasteiger partial charge in [0.15, 0.2) is 0 Å². The van der Waals surface area contributed by atoms with Crippen molar-refractivity contribution in [3.8, 4) is 11.4 Å². The van der Waals surface area contributed by atoms with Gasteiger partial charge < -0.3 is 10.1 Å². The first-order valence-electron chi connectivity index (χ1n) is 7.02. The lowest BCUT2D eigenvalue weighted by atomic mass is 10.0. The summed E-state index contributed by atoms with van der Waals surface area (Å²) in [7, 11) is 0. The standard InChI is InChI=1S/C15H14N2O.C2H6/c18-10-9-11-5-1-2-6-12(11)15-16-13-7-3-4-8-14(13)17-15;1-2/h1-8,18H,9-10H2,(H,16,17);1-2H3. The van der Waals surface area contributed by atoms with E-state index in [4.69, 9.17) is 5.11 Å². The van der Waals surface area contributed by atoms with Crippen LogP contribution in [0.1, 0.15) is 19.4 Å². The highest BCUT2D eigenvalue weighted by molar-refractivity contribution is 5.79. The lowest BCUT2D eigenvalue weighted by Gasteiger charge is -2.04. The van der Waals surface area contributed by atoms with E-state index in [1.807, 2.05) is 62.4 Å². The molecule has 3 aromatic rings. The maximum Gasteiger partial charge on any atom is 0.138 e. The monoisotopic (exact) mass is 268 g/mol. The summed E-state index contributed by atoms with van der Waals surface area (Å²) in [6.07, 6.45) is 0.646. The zero-order valence-corrected chi connectivity index (χ0v) is 11.9. The SMILES string of the molecule is CC.OCCc1ccccc1-c1nc2ccccc2[nH]1. The minimum absolute atomic E-state index is 0.150. The van der Waals surface area contributed by atoms with E-state index in [2.05, 4.69) is 9.97 Å². The molecule has 0 saturated carbocycles. The Morgan fingerprint density at radius 2 is 1.70 bits per heavy atom. The summed E-state index contributed by atoms with van der Waals surface area (Å²) in [5.74, 6) is 0.861. The molecule has 0 aliphatic carbocycles. The van der Waals surface area contributed by atoms with Crippen molar-refractivity contribution >= 4 is 11.0 Å². The average Bonchev–Trinajstić information content (AvgIpc) is 2.94. The van der Waals surface area contributed by atoms with Crippen molar-refractivity contribution < 1.29 is 5.11 Å². The van der Waals surface area contributed by atoms with E-state index in [0.717, 1.165) is 28.0 Å².